The number of carbonyl (C=O) groups is 1. The van der Waals surface area contributed by atoms with Crippen molar-refractivity contribution >= 4 is 11.6 Å². The number of anilines is 1. The number of nitrogens with zero attached hydrogens (tertiary/aromatic N) is 3. The molecule has 38 heavy (non-hydrogen) atoms. The number of aromatic nitrogens is 4. The highest BCUT2D eigenvalue weighted by Gasteiger charge is 2.53. The second kappa shape index (κ2) is 9.43. The maximum absolute atomic E-state index is 14.7. The number of nitrogens with one attached hydrogen (secondary N) is 2. The van der Waals surface area contributed by atoms with Crippen LogP contribution in [0.3, 0.4) is 0 Å². The number of H-pyrrole nitrogens is 1. The van der Waals surface area contributed by atoms with Crippen molar-refractivity contribution in [2.75, 3.05) is 19.5 Å². The third-order valence-corrected chi connectivity index (χ3v) is 6.57. The lowest BCUT2D eigenvalue weighted by atomic mass is 9.92. The first-order chi connectivity index (χ1) is 18.2. The van der Waals surface area contributed by atoms with Crippen LogP contribution in [0.25, 0.3) is 22.5 Å². The van der Waals surface area contributed by atoms with E-state index < -0.39 is 28.9 Å². The molecule has 2 N–H and O–H groups in total. The van der Waals surface area contributed by atoms with Crippen LogP contribution in [0.5, 0.6) is 11.5 Å². The number of halogens is 4. The number of hydrogen-bond donors (Lipinski definition) is 2. The van der Waals surface area contributed by atoms with Crippen LogP contribution < -0.4 is 14.8 Å². The van der Waals surface area contributed by atoms with Crippen LogP contribution in [0.4, 0.5) is 23.2 Å². The number of tetrazole rings is 1. The van der Waals surface area contributed by atoms with Gasteiger partial charge in [-0.25, -0.2) is 9.49 Å². The van der Waals surface area contributed by atoms with Gasteiger partial charge in [0.2, 0.25) is 5.91 Å². The topological polar surface area (TPSA) is 102 Å². The van der Waals surface area contributed by atoms with E-state index in [2.05, 4.69) is 25.9 Å². The Bertz CT molecular complexity index is 1500. The maximum Gasteiger partial charge on any atom is 0.416 e. The minimum absolute atomic E-state index is 0.0652. The average Bonchev–Trinajstić information content (AvgIpc) is 3.52. The summed E-state index contributed by atoms with van der Waals surface area (Å²) in [5.74, 6) is -0.186. The molecule has 1 saturated carbocycles. The molecule has 0 aliphatic heterocycles. The van der Waals surface area contributed by atoms with Gasteiger partial charge in [0.1, 0.15) is 5.82 Å². The summed E-state index contributed by atoms with van der Waals surface area (Å²) in [6.45, 7) is 0. The van der Waals surface area contributed by atoms with Crippen molar-refractivity contribution in [3.8, 4) is 34.0 Å². The van der Waals surface area contributed by atoms with Gasteiger partial charge in [-0.2, -0.15) is 13.2 Å². The van der Waals surface area contributed by atoms with Crippen LogP contribution in [0.15, 0.2) is 54.6 Å². The van der Waals surface area contributed by atoms with E-state index >= 15 is 0 Å². The first-order valence-electron chi connectivity index (χ1n) is 11.5. The van der Waals surface area contributed by atoms with Crippen molar-refractivity contribution in [3.05, 3.63) is 71.5 Å². The molecule has 8 nitrogen and oxygen atoms in total. The van der Waals surface area contributed by atoms with Gasteiger partial charge in [-0.15, -0.1) is 5.10 Å². The second-order valence-electron chi connectivity index (χ2n) is 8.81. The summed E-state index contributed by atoms with van der Waals surface area (Å²) in [5.41, 5.74) is 0.00440. The van der Waals surface area contributed by atoms with Crippen molar-refractivity contribution < 1.29 is 31.8 Å². The van der Waals surface area contributed by atoms with Gasteiger partial charge in [0, 0.05) is 16.8 Å². The molecular weight excluding hydrogens is 506 g/mol. The van der Waals surface area contributed by atoms with E-state index in [9.17, 15) is 22.4 Å². The molecule has 0 unspecified atom stereocenters. The minimum atomic E-state index is -4.68. The number of rotatable bonds is 7. The summed E-state index contributed by atoms with van der Waals surface area (Å²) >= 11 is 0. The predicted molar refractivity (Wildman–Crippen MR) is 129 cm³/mol. The zero-order chi connectivity index (χ0) is 27.1. The molecule has 0 saturated heterocycles. The lowest BCUT2D eigenvalue weighted by molar-refractivity contribution is -0.137. The maximum atomic E-state index is 14.7. The van der Waals surface area contributed by atoms with Gasteiger partial charge >= 0.3 is 6.18 Å². The SMILES string of the molecule is COc1ccc(-c2ccc(NC(=O)C3(c4ccc(C(F)(F)F)cc4F)CC3)cc2-c2nnn[nH]2)cc1OC. The van der Waals surface area contributed by atoms with Crippen LogP contribution in [0.1, 0.15) is 24.0 Å². The second-order valence-corrected chi connectivity index (χ2v) is 8.81. The number of alkyl halides is 3. The Kier molecular flexibility index (Phi) is 6.25. The molecule has 1 aliphatic carbocycles. The average molecular weight is 527 g/mol. The Morgan fingerprint density at radius 3 is 2.34 bits per heavy atom. The molecule has 1 aliphatic rings. The van der Waals surface area contributed by atoms with E-state index in [-0.39, 0.29) is 5.56 Å². The van der Waals surface area contributed by atoms with Gasteiger partial charge in [0.05, 0.1) is 25.2 Å². The molecule has 5 rings (SSSR count). The van der Waals surface area contributed by atoms with Gasteiger partial charge in [0.25, 0.3) is 0 Å². The standard InChI is InChI=1S/C26H21F4N5O3/c1-37-21-8-3-14(11-22(21)38-2)17-6-5-16(13-18(17)23-32-34-35-33-23)31-24(36)25(9-10-25)19-7-4-15(12-20(19)27)26(28,29)30/h3-8,11-13H,9-10H2,1-2H3,(H,31,36)(H,32,33,34,35). The van der Waals surface area contributed by atoms with Crippen molar-refractivity contribution in [2.45, 2.75) is 24.4 Å². The monoisotopic (exact) mass is 527 g/mol. The highest BCUT2D eigenvalue weighted by Crippen LogP contribution is 2.50. The van der Waals surface area contributed by atoms with E-state index in [0.717, 1.165) is 23.3 Å². The molecule has 196 valence electrons. The summed E-state index contributed by atoms with van der Waals surface area (Å²) in [7, 11) is 3.05. The van der Waals surface area contributed by atoms with E-state index in [1.54, 1.807) is 30.3 Å². The lowest BCUT2D eigenvalue weighted by Gasteiger charge is -2.19. The van der Waals surface area contributed by atoms with Crippen molar-refractivity contribution in [1.82, 2.24) is 20.6 Å². The van der Waals surface area contributed by atoms with E-state index in [1.807, 2.05) is 6.07 Å². The zero-order valence-electron chi connectivity index (χ0n) is 20.2. The fraction of sp³-hybridized carbons (Fsp3) is 0.231. The Hall–Kier alpha value is -4.48. The Balaban J connectivity index is 1.47. The molecule has 0 bridgehead atoms. The third kappa shape index (κ3) is 4.53. The van der Waals surface area contributed by atoms with Crippen LogP contribution >= 0.6 is 0 Å². The van der Waals surface area contributed by atoms with Crippen LogP contribution in [0, 0.1) is 5.82 Å². The summed E-state index contributed by atoms with van der Waals surface area (Å²) in [6.07, 6.45) is -4.06. The first kappa shape index (κ1) is 25.2. The number of benzene rings is 3. The fourth-order valence-electron chi connectivity index (χ4n) is 4.42. The number of hydrogen-bond acceptors (Lipinski definition) is 6. The lowest BCUT2D eigenvalue weighted by Crippen LogP contribution is -2.29. The molecule has 1 heterocycles. The quantitative estimate of drug-likeness (QED) is 0.313. The van der Waals surface area contributed by atoms with Gasteiger partial charge in [-0.1, -0.05) is 18.2 Å². The molecule has 1 aromatic heterocycles. The molecule has 0 atom stereocenters. The van der Waals surface area contributed by atoms with Gasteiger partial charge in [0.15, 0.2) is 17.3 Å². The minimum Gasteiger partial charge on any atom is -0.493 e. The van der Waals surface area contributed by atoms with E-state index in [1.165, 1.54) is 14.2 Å². The van der Waals surface area contributed by atoms with Crippen molar-refractivity contribution in [2.24, 2.45) is 0 Å². The van der Waals surface area contributed by atoms with Crippen LogP contribution in [-0.2, 0) is 16.4 Å². The molecule has 0 radical (unpaired) electrons. The number of aromatic amines is 1. The largest absolute Gasteiger partial charge is 0.493 e. The van der Waals surface area contributed by atoms with Crippen LogP contribution in [0.2, 0.25) is 0 Å². The first-order valence-corrected chi connectivity index (χ1v) is 11.5. The molecule has 3 aromatic carbocycles. The number of carbonyl (C=O) groups excluding carboxylic acids is 1. The van der Waals surface area contributed by atoms with Gasteiger partial charge in [-0.05, 0) is 70.8 Å². The van der Waals surface area contributed by atoms with E-state index in [0.29, 0.717) is 47.5 Å². The Labute approximate surface area is 214 Å². The van der Waals surface area contributed by atoms with Crippen molar-refractivity contribution in [3.63, 3.8) is 0 Å². The molecule has 1 amide bonds. The highest BCUT2D eigenvalue weighted by molar-refractivity contribution is 6.02. The number of methoxy groups -OCH3 is 2. The van der Waals surface area contributed by atoms with Gasteiger partial charge < -0.3 is 14.8 Å². The third-order valence-electron chi connectivity index (χ3n) is 6.57. The number of ether oxygens (including phenoxy) is 2. The fourth-order valence-corrected chi connectivity index (χ4v) is 4.42. The number of amides is 1. The Morgan fingerprint density at radius 1 is 0.974 bits per heavy atom. The predicted octanol–water partition coefficient (Wildman–Crippen LogP) is 5.38. The normalized spacial score (nSPS) is 14.2. The summed E-state index contributed by atoms with van der Waals surface area (Å²) in [6, 6.07) is 12.7. The molecule has 0 spiro atoms. The Morgan fingerprint density at radius 2 is 1.74 bits per heavy atom. The summed E-state index contributed by atoms with van der Waals surface area (Å²) in [5, 5.41) is 16.7. The van der Waals surface area contributed by atoms with Gasteiger partial charge in [-0.3, -0.25) is 4.79 Å². The van der Waals surface area contributed by atoms with E-state index in [4.69, 9.17) is 9.47 Å². The summed E-state index contributed by atoms with van der Waals surface area (Å²) < 4.78 is 64.3. The molecular formula is C26H21F4N5O3. The molecule has 1 fully saturated rings. The molecule has 12 heteroatoms. The smallest absolute Gasteiger partial charge is 0.416 e. The van der Waals surface area contributed by atoms with Crippen molar-refractivity contribution in [1.29, 1.82) is 0 Å². The van der Waals surface area contributed by atoms with Crippen LogP contribution in [-0.4, -0.2) is 40.8 Å². The highest BCUT2D eigenvalue weighted by atomic mass is 19.4. The summed E-state index contributed by atoms with van der Waals surface area (Å²) in [4.78, 5) is 13.3. The zero-order valence-corrected chi connectivity index (χ0v) is 20.2. The molecule has 4 aromatic rings.